The van der Waals surface area contributed by atoms with Crippen LogP contribution in [0.3, 0.4) is 0 Å². The number of morpholine rings is 1. The summed E-state index contributed by atoms with van der Waals surface area (Å²) in [6, 6.07) is 3.31. The molecule has 2 aliphatic heterocycles. The number of ether oxygens (including phenoxy) is 2. The number of Topliss-reactive ketones (excluding diaryl/α,β-unsaturated/α-hetero) is 1. The van der Waals surface area contributed by atoms with E-state index in [9.17, 15) is 19.2 Å². The zero-order chi connectivity index (χ0) is 29.4. The van der Waals surface area contributed by atoms with Gasteiger partial charge in [0, 0.05) is 38.0 Å². The molecule has 4 rings (SSSR count). The SMILES string of the molecule is CC(C)CC(NC(=O)CNC(=O)C(Cc1cccnc1)NC(=O)c1cc(CN2CCOCC2)on1)C(=O)[C@@]1(C)CO1. The molecule has 0 radical (unpaired) electrons. The van der Waals surface area contributed by atoms with Gasteiger partial charge >= 0.3 is 0 Å². The number of hydrogen-bond donors (Lipinski definition) is 3. The predicted molar refractivity (Wildman–Crippen MR) is 146 cm³/mol. The first kappa shape index (κ1) is 30.3. The minimum atomic E-state index is -1.02. The highest BCUT2D eigenvalue weighted by Crippen LogP contribution is 2.29. The Bertz CT molecular complexity index is 1210. The van der Waals surface area contributed by atoms with Crippen LogP contribution in [0.2, 0.25) is 0 Å². The number of hydrogen-bond acceptors (Lipinski definition) is 10. The summed E-state index contributed by atoms with van der Waals surface area (Å²) in [6.07, 6.45) is 3.78. The first-order valence-electron chi connectivity index (χ1n) is 13.8. The Morgan fingerprint density at radius 2 is 1.88 bits per heavy atom. The van der Waals surface area contributed by atoms with Crippen LogP contribution in [0, 0.1) is 5.92 Å². The van der Waals surface area contributed by atoms with E-state index in [4.69, 9.17) is 14.0 Å². The molecular formula is C28H38N6O7. The molecule has 2 aromatic rings. The summed E-state index contributed by atoms with van der Waals surface area (Å²) in [5.41, 5.74) is -0.120. The van der Waals surface area contributed by atoms with E-state index in [1.54, 1.807) is 37.5 Å². The van der Waals surface area contributed by atoms with Crippen molar-refractivity contribution < 1.29 is 33.2 Å². The normalized spacial score (nSPS) is 20.2. The molecule has 0 saturated carbocycles. The van der Waals surface area contributed by atoms with Crippen molar-refractivity contribution in [3.63, 3.8) is 0 Å². The minimum absolute atomic E-state index is 0.0424. The number of pyridine rings is 1. The van der Waals surface area contributed by atoms with Gasteiger partial charge in [-0.2, -0.15) is 0 Å². The molecule has 2 fully saturated rings. The molecular weight excluding hydrogens is 532 g/mol. The Balaban J connectivity index is 1.36. The molecule has 2 unspecified atom stereocenters. The molecule has 3 atom stereocenters. The van der Waals surface area contributed by atoms with Gasteiger partial charge in [0.2, 0.25) is 11.8 Å². The standard InChI is InChI=1S/C28H38N6O7/c1-18(2)11-21(25(36)28(3)17-40-28)31-24(35)15-30-26(37)22(12-19-5-4-6-29-14-19)32-27(38)23-13-20(41-33-23)16-34-7-9-39-10-8-34/h4-6,13-14,18,21-22H,7-12,15-17H2,1-3H3,(H,30,37)(H,31,35)(H,32,38)/t21?,22?,28-/m1/s1. The Labute approximate surface area is 238 Å². The quantitative estimate of drug-likeness (QED) is 0.268. The molecule has 41 heavy (non-hydrogen) atoms. The molecule has 4 heterocycles. The Kier molecular flexibility index (Phi) is 10.2. The predicted octanol–water partition coefficient (Wildman–Crippen LogP) is 0.248. The topological polar surface area (TPSA) is 168 Å². The van der Waals surface area contributed by atoms with Crippen LogP contribution in [0.1, 0.15) is 49.0 Å². The van der Waals surface area contributed by atoms with Crippen LogP contribution in [0.4, 0.5) is 0 Å². The monoisotopic (exact) mass is 570 g/mol. The summed E-state index contributed by atoms with van der Waals surface area (Å²) >= 11 is 0. The number of nitrogens with zero attached hydrogens (tertiary/aromatic N) is 3. The Morgan fingerprint density at radius 3 is 2.54 bits per heavy atom. The largest absolute Gasteiger partial charge is 0.379 e. The van der Waals surface area contributed by atoms with Gasteiger partial charge in [-0.3, -0.25) is 29.1 Å². The zero-order valence-corrected chi connectivity index (χ0v) is 23.7. The van der Waals surface area contributed by atoms with E-state index in [0.29, 0.717) is 44.1 Å². The molecule has 0 aromatic carbocycles. The number of rotatable bonds is 14. The van der Waals surface area contributed by atoms with Gasteiger partial charge in [-0.15, -0.1) is 0 Å². The molecule has 3 amide bonds. The van der Waals surface area contributed by atoms with Crippen LogP contribution < -0.4 is 16.0 Å². The van der Waals surface area contributed by atoms with Gasteiger partial charge in [0.15, 0.2) is 17.2 Å². The second kappa shape index (κ2) is 13.8. The number of carbonyl (C=O) groups excluding carboxylic acids is 4. The highest BCUT2D eigenvalue weighted by Gasteiger charge is 2.50. The molecule has 0 aliphatic carbocycles. The van der Waals surface area contributed by atoms with E-state index < -0.39 is 35.4 Å². The van der Waals surface area contributed by atoms with Crippen molar-refractivity contribution in [3.05, 3.63) is 47.6 Å². The molecule has 2 saturated heterocycles. The van der Waals surface area contributed by atoms with E-state index in [2.05, 4.69) is 31.0 Å². The second-order valence-electron chi connectivity index (χ2n) is 11.0. The number of aromatic nitrogens is 2. The number of epoxide rings is 1. The summed E-state index contributed by atoms with van der Waals surface area (Å²) in [6.45, 7) is 8.82. The second-order valence-corrected chi connectivity index (χ2v) is 11.0. The van der Waals surface area contributed by atoms with Gasteiger partial charge < -0.3 is 29.9 Å². The Morgan fingerprint density at radius 1 is 1.12 bits per heavy atom. The third-order valence-electron chi connectivity index (χ3n) is 6.94. The number of amides is 3. The molecule has 2 aromatic heterocycles. The molecule has 2 aliphatic rings. The maximum absolute atomic E-state index is 13.2. The van der Waals surface area contributed by atoms with Crippen molar-refractivity contribution in [2.75, 3.05) is 39.5 Å². The summed E-state index contributed by atoms with van der Waals surface area (Å²) in [5.74, 6) is -1.18. The average molecular weight is 571 g/mol. The first-order valence-corrected chi connectivity index (χ1v) is 13.8. The van der Waals surface area contributed by atoms with E-state index in [1.807, 2.05) is 13.8 Å². The van der Waals surface area contributed by atoms with Gasteiger partial charge in [0.05, 0.1) is 39.0 Å². The van der Waals surface area contributed by atoms with Crippen molar-refractivity contribution in [1.29, 1.82) is 0 Å². The Hall–Kier alpha value is -3.68. The zero-order valence-electron chi connectivity index (χ0n) is 23.7. The lowest BCUT2D eigenvalue weighted by Gasteiger charge is -2.25. The van der Waals surface area contributed by atoms with Crippen molar-refractivity contribution in [2.45, 2.75) is 57.8 Å². The van der Waals surface area contributed by atoms with Crippen LogP contribution in [0.25, 0.3) is 0 Å². The van der Waals surface area contributed by atoms with Crippen molar-refractivity contribution in [1.82, 2.24) is 31.0 Å². The van der Waals surface area contributed by atoms with Gasteiger partial charge in [-0.05, 0) is 30.9 Å². The van der Waals surface area contributed by atoms with Crippen molar-refractivity contribution in [2.24, 2.45) is 5.92 Å². The first-order chi connectivity index (χ1) is 19.6. The highest BCUT2D eigenvalue weighted by atomic mass is 16.6. The minimum Gasteiger partial charge on any atom is -0.379 e. The number of ketones is 1. The van der Waals surface area contributed by atoms with Crippen molar-refractivity contribution in [3.8, 4) is 0 Å². The number of carbonyl (C=O) groups is 4. The van der Waals surface area contributed by atoms with E-state index in [1.165, 1.54) is 0 Å². The average Bonchev–Trinajstić information content (AvgIpc) is 3.54. The fraction of sp³-hybridized carbons (Fsp3) is 0.571. The summed E-state index contributed by atoms with van der Waals surface area (Å²) in [5, 5.41) is 11.9. The van der Waals surface area contributed by atoms with Gasteiger partial charge in [0.1, 0.15) is 11.6 Å². The van der Waals surface area contributed by atoms with Gasteiger partial charge in [-0.25, -0.2) is 0 Å². The van der Waals surface area contributed by atoms with Crippen LogP contribution in [0.15, 0.2) is 35.1 Å². The van der Waals surface area contributed by atoms with Gasteiger partial charge in [0.25, 0.3) is 5.91 Å². The highest BCUT2D eigenvalue weighted by molar-refractivity contribution is 5.98. The lowest BCUT2D eigenvalue weighted by molar-refractivity contribution is -0.131. The lowest BCUT2D eigenvalue weighted by atomic mass is 9.93. The molecule has 13 heteroatoms. The summed E-state index contributed by atoms with van der Waals surface area (Å²) in [7, 11) is 0. The van der Waals surface area contributed by atoms with Gasteiger partial charge in [-0.1, -0.05) is 25.1 Å². The molecule has 0 bridgehead atoms. The molecule has 13 nitrogen and oxygen atoms in total. The van der Waals surface area contributed by atoms with Crippen LogP contribution in [0.5, 0.6) is 0 Å². The van der Waals surface area contributed by atoms with E-state index in [-0.39, 0.29) is 30.4 Å². The van der Waals surface area contributed by atoms with Crippen molar-refractivity contribution >= 4 is 23.5 Å². The van der Waals surface area contributed by atoms with Crippen LogP contribution in [-0.2, 0) is 36.8 Å². The third kappa shape index (κ3) is 8.90. The molecule has 0 spiro atoms. The maximum Gasteiger partial charge on any atom is 0.274 e. The van der Waals surface area contributed by atoms with Crippen LogP contribution >= 0.6 is 0 Å². The van der Waals surface area contributed by atoms with E-state index in [0.717, 1.165) is 13.1 Å². The lowest BCUT2D eigenvalue weighted by Crippen LogP contribution is -2.52. The fourth-order valence-corrected chi connectivity index (χ4v) is 4.53. The maximum atomic E-state index is 13.2. The summed E-state index contributed by atoms with van der Waals surface area (Å²) < 4.78 is 16.0. The number of nitrogens with one attached hydrogen (secondary N) is 3. The molecule has 222 valence electrons. The van der Waals surface area contributed by atoms with E-state index >= 15 is 0 Å². The fourth-order valence-electron chi connectivity index (χ4n) is 4.53. The van der Waals surface area contributed by atoms with Crippen LogP contribution in [-0.4, -0.2) is 95.7 Å². The smallest absolute Gasteiger partial charge is 0.274 e. The third-order valence-corrected chi connectivity index (χ3v) is 6.94. The molecule has 3 N–H and O–H groups in total. The summed E-state index contributed by atoms with van der Waals surface area (Å²) in [4.78, 5) is 58.0.